The molecule has 3 N–H and O–H groups in total. The predicted molar refractivity (Wildman–Crippen MR) is 94.0 cm³/mol. The Morgan fingerprint density at radius 3 is 2.52 bits per heavy atom. The molecule has 0 saturated heterocycles. The van der Waals surface area contributed by atoms with Gasteiger partial charge in [-0.15, -0.1) is 0 Å². The van der Waals surface area contributed by atoms with Gasteiger partial charge < -0.3 is 20.5 Å². The molecule has 146 valence electrons. The van der Waals surface area contributed by atoms with Gasteiger partial charge in [0.1, 0.15) is 24.3 Å². The van der Waals surface area contributed by atoms with Gasteiger partial charge in [0.05, 0.1) is 16.1 Å². The van der Waals surface area contributed by atoms with Crippen LogP contribution in [0.5, 0.6) is 5.75 Å². The van der Waals surface area contributed by atoms with Gasteiger partial charge in [0.15, 0.2) is 0 Å². The second kappa shape index (κ2) is 8.45. The van der Waals surface area contributed by atoms with Crippen molar-refractivity contribution in [3.8, 4) is 5.75 Å². The molecular formula is C17H17ClF3N3O3. The quantitative estimate of drug-likeness (QED) is 0.742. The van der Waals surface area contributed by atoms with Crippen molar-refractivity contribution in [2.24, 2.45) is 5.73 Å². The molecule has 1 aromatic carbocycles. The van der Waals surface area contributed by atoms with Crippen LogP contribution in [-0.2, 0) is 6.18 Å². The number of anilines is 1. The van der Waals surface area contributed by atoms with Crippen LogP contribution in [0.4, 0.5) is 19.0 Å². The Balaban J connectivity index is 1.91. The van der Waals surface area contributed by atoms with E-state index in [0.717, 1.165) is 12.1 Å². The number of aliphatic hydroxyl groups excluding tert-OH is 1. The van der Waals surface area contributed by atoms with Crippen LogP contribution in [0.3, 0.4) is 0 Å². The molecule has 0 aliphatic carbocycles. The Kier molecular flexibility index (Phi) is 6.50. The zero-order valence-electron chi connectivity index (χ0n) is 14.2. The second-order valence-electron chi connectivity index (χ2n) is 5.76. The lowest BCUT2D eigenvalue weighted by Gasteiger charge is -2.23. The van der Waals surface area contributed by atoms with E-state index in [1.165, 1.54) is 24.4 Å². The SMILES string of the molecule is CN(CC(O)COc1ccc(C(F)(F)F)cc1)c1ncc(C(N)=O)cc1Cl. The molecule has 1 unspecified atom stereocenters. The maximum atomic E-state index is 12.5. The molecule has 0 aliphatic heterocycles. The number of hydrogen-bond donors (Lipinski definition) is 2. The first-order valence-electron chi connectivity index (χ1n) is 7.72. The lowest BCUT2D eigenvalue weighted by molar-refractivity contribution is -0.137. The topological polar surface area (TPSA) is 88.7 Å². The largest absolute Gasteiger partial charge is 0.491 e. The highest BCUT2D eigenvalue weighted by Gasteiger charge is 2.30. The number of carbonyl (C=O) groups excluding carboxylic acids is 1. The van der Waals surface area contributed by atoms with E-state index in [4.69, 9.17) is 22.1 Å². The van der Waals surface area contributed by atoms with Crippen LogP contribution in [0, 0.1) is 0 Å². The summed E-state index contributed by atoms with van der Waals surface area (Å²) >= 11 is 6.06. The number of ether oxygens (including phenoxy) is 1. The molecule has 1 aromatic heterocycles. The Bertz CT molecular complexity index is 800. The highest BCUT2D eigenvalue weighted by molar-refractivity contribution is 6.33. The minimum absolute atomic E-state index is 0.0866. The second-order valence-corrected chi connectivity index (χ2v) is 6.17. The lowest BCUT2D eigenvalue weighted by atomic mass is 10.2. The van der Waals surface area contributed by atoms with E-state index in [1.807, 2.05) is 0 Å². The number of rotatable bonds is 7. The Hall–Kier alpha value is -2.52. The van der Waals surface area contributed by atoms with E-state index >= 15 is 0 Å². The van der Waals surface area contributed by atoms with E-state index in [9.17, 15) is 23.1 Å². The van der Waals surface area contributed by atoms with Crippen LogP contribution in [0.15, 0.2) is 36.5 Å². The fraction of sp³-hybridized carbons (Fsp3) is 0.294. The van der Waals surface area contributed by atoms with Crippen molar-refractivity contribution < 1.29 is 27.8 Å². The van der Waals surface area contributed by atoms with Gasteiger partial charge in [-0.25, -0.2) is 4.98 Å². The Labute approximate surface area is 158 Å². The summed E-state index contributed by atoms with van der Waals surface area (Å²) < 4.78 is 42.8. The zero-order valence-corrected chi connectivity index (χ0v) is 15.0. The van der Waals surface area contributed by atoms with Crippen LogP contribution in [-0.4, -0.2) is 42.3 Å². The molecular weight excluding hydrogens is 387 g/mol. The number of aliphatic hydroxyl groups is 1. The third-order valence-electron chi connectivity index (χ3n) is 3.58. The summed E-state index contributed by atoms with van der Waals surface area (Å²) in [6.45, 7) is -0.0596. The number of amides is 1. The fourth-order valence-electron chi connectivity index (χ4n) is 2.23. The average Bonchev–Trinajstić information content (AvgIpc) is 2.59. The Morgan fingerprint density at radius 1 is 1.37 bits per heavy atom. The lowest BCUT2D eigenvalue weighted by Crippen LogP contribution is -2.33. The fourth-order valence-corrected chi connectivity index (χ4v) is 2.54. The molecule has 6 nitrogen and oxygen atoms in total. The minimum Gasteiger partial charge on any atom is -0.491 e. The molecule has 1 heterocycles. The van der Waals surface area contributed by atoms with Crippen molar-refractivity contribution in [3.63, 3.8) is 0 Å². The first kappa shape index (κ1) is 20.8. The number of likely N-dealkylation sites (N-methyl/N-ethyl adjacent to an activating group) is 1. The first-order chi connectivity index (χ1) is 12.6. The highest BCUT2D eigenvalue weighted by atomic mass is 35.5. The van der Waals surface area contributed by atoms with E-state index in [2.05, 4.69) is 4.98 Å². The van der Waals surface area contributed by atoms with Crippen LogP contribution < -0.4 is 15.4 Å². The molecule has 0 fully saturated rings. The number of nitrogens with two attached hydrogens (primary N) is 1. The van der Waals surface area contributed by atoms with Gasteiger partial charge >= 0.3 is 6.18 Å². The first-order valence-corrected chi connectivity index (χ1v) is 8.10. The molecule has 0 aliphatic rings. The van der Waals surface area contributed by atoms with E-state index in [1.54, 1.807) is 11.9 Å². The van der Waals surface area contributed by atoms with Crippen LogP contribution >= 0.6 is 11.6 Å². The summed E-state index contributed by atoms with van der Waals surface area (Å²) in [6.07, 6.45) is -4.12. The maximum Gasteiger partial charge on any atom is 0.416 e. The van der Waals surface area contributed by atoms with Gasteiger partial charge in [-0.2, -0.15) is 13.2 Å². The Morgan fingerprint density at radius 2 is 2.00 bits per heavy atom. The summed E-state index contributed by atoms with van der Waals surface area (Å²) in [4.78, 5) is 16.7. The van der Waals surface area contributed by atoms with Gasteiger partial charge in [0.2, 0.25) is 5.91 Å². The molecule has 27 heavy (non-hydrogen) atoms. The van der Waals surface area contributed by atoms with Crippen molar-refractivity contribution in [2.45, 2.75) is 12.3 Å². The molecule has 10 heteroatoms. The van der Waals surface area contributed by atoms with Crippen LogP contribution in [0.2, 0.25) is 5.02 Å². The average molecular weight is 404 g/mol. The van der Waals surface area contributed by atoms with Crippen LogP contribution in [0.1, 0.15) is 15.9 Å². The van der Waals surface area contributed by atoms with Crippen molar-refractivity contribution in [3.05, 3.63) is 52.7 Å². The third-order valence-corrected chi connectivity index (χ3v) is 3.85. The molecule has 2 aromatic rings. The van der Waals surface area contributed by atoms with Crippen LogP contribution in [0.25, 0.3) is 0 Å². The smallest absolute Gasteiger partial charge is 0.416 e. The third kappa shape index (κ3) is 5.73. The van der Waals surface area contributed by atoms with Gasteiger partial charge in [0.25, 0.3) is 0 Å². The monoisotopic (exact) mass is 403 g/mol. The van der Waals surface area contributed by atoms with Crippen molar-refractivity contribution in [1.29, 1.82) is 0 Å². The van der Waals surface area contributed by atoms with Gasteiger partial charge in [-0.3, -0.25) is 4.79 Å². The van der Waals surface area contributed by atoms with E-state index < -0.39 is 23.8 Å². The summed E-state index contributed by atoms with van der Waals surface area (Å²) in [6, 6.07) is 5.53. The molecule has 0 radical (unpaired) electrons. The maximum absolute atomic E-state index is 12.5. The predicted octanol–water partition coefficient (Wildman–Crippen LogP) is 2.73. The zero-order chi connectivity index (χ0) is 20.2. The van der Waals surface area contributed by atoms with Gasteiger partial charge in [0, 0.05) is 19.8 Å². The van der Waals surface area contributed by atoms with Crippen molar-refractivity contribution in [2.75, 3.05) is 25.1 Å². The summed E-state index contributed by atoms with van der Waals surface area (Å²) in [5, 5.41) is 10.3. The molecule has 2 rings (SSSR count). The number of carbonyl (C=O) groups is 1. The van der Waals surface area contributed by atoms with Crippen molar-refractivity contribution >= 4 is 23.3 Å². The number of primary amides is 1. The molecule has 1 atom stereocenters. The normalized spacial score (nSPS) is 12.5. The number of aromatic nitrogens is 1. The summed E-state index contributed by atoms with van der Waals surface area (Å²) in [5.74, 6) is -0.134. The number of benzene rings is 1. The summed E-state index contributed by atoms with van der Waals surface area (Å²) in [7, 11) is 1.62. The number of pyridine rings is 1. The molecule has 0 spiro atoms. The molecule has 0 bridgehead atoms. The van der Waals surface area contributed by atoms with Crippen molar-refractivity contribution in [1.82, 2.24) is 4.98 Å². The van der Waals surface area contributed by atoms with Gasteiger partial charge in [-0.05, 0) is 30.3 Å². The standard InChI is InChI=1S/C17H17ClF3N3O3/c1-24(16-14(18)6-10(7-23-16)15(22)26)8-12(25)9-27-13-4-2-11(3-5-13)17(19,20)21/h2-7,12,25H,8-9H2,1H3,(H2,22,26). The summed E-state index contributed by atoms with van der Waals surface area (Å²) in [5.41, 5.74) is 4.52. The highest BCUT2D eigenvalue weighted by Crippen LogP contribution is 2.30. The van der Waals surface area contributed by atoms with E-state index in [0.29, 0.717) is 5.82 Å². The molecule has 0 saturated carbocycles. The number of alkyl halides is 3. The van der Waals surface area contributed by atoms with Gasteiger partial charge in [-0.1, -0.05) is 11.6 Å². The molecule has 1 amide bonds. The number of nitrogens with zero attached hydrogens (tertiary/aromatic N) is 2. The number of halogens is 4. The minimum atomic E-state index is -4.42. The van der Waals surface area contributed by atoms with E-state index in [-0.39, 0.29) is 29.5 Å². The number of hydrogen-bond acceptors (Lipinski definition) is 5.